The van der Waals surface area contributed by atoms with Crippen LogP contribution in [0.2, 0.25) is 5.02 Å². The summed E-state index contributed by atoms with van der Waals surface area (Å²) in [6, 6.07) is 5.00. The molecule has 0 fully saturated rings. The second-order valence-electron chi connectivity index (χ2n) is 9.63. The van der Waals surface area contributed by atoms with Crippen LogP contribution in [0, 0.1) is 17.1 Å². The van der Waals surface area contributed by atoms with Gasteiger partial charge in [0.2, 0.25) is 5.62 Å². The van der Waals surface area contributed by atoms with E-state index in [1.165, 1.54) is 12.2 Å². The van der Waals surface area contributed by atoms with Gasteiger partial charge in [-0.25, -0.2) is 4.39 Å². The highest BCUT2D eigenvalue weighted by molar-refractivity contribution is 6.35. The fraction of sp³-hybridized carbons (Fsp3) is 0.286. The number of hydrogen-bond donors (Lipinski definition) is 6. The van der Waals surface area contributed by atoms with Crippen LogP contribution in [0.1, 0.15) is 55.2 Å². The number of nitrogens with one attached hydrogen (secondary N) is 1. The number of rotatable bonds is 9. The minimum Gasteiger partial charge on any atom is -0.342 e. The Bertz CT molecular complexity index is 1830. The quantitative estimate of drug-likeness (QED) is 0.0892. The van der Waals surface area contributed by atoms with Gasteiger partial charge in [0.15, 0.2) is 5.78 Å². The largest absolute Gasteiger partial charge is 0.355 e. The number of carbonyl (C=O) groups is 2. The van der Waals surface area contributed by atoms with Crippen LogP contribution < -0.4 is 10.9 Å². The van der Waals surface area contributed by atoms with Crippen molar-refractivity contribution in [1.29, 1.82) is 5.26 Å². The molecule has 1 heterocycles. The Labute approximate surface area is 252 Å². The average molecular weight is 638 g/mol. The van der Waals surface area contributed by atoms with Crippen molar-refractivity contribution < 1.29 is 48.3 Å². The number of fused-ring (bicyclic) bond motifs is 1. The van der Waals surface area contributed by atoms with Gasteiger partial charge >= 0.3 is 18.4 Å². The first-order valence-electron chi connectivity index (χ1n) is 12.7. The van der Waals surface area contributed by atoms with Crippen LogP contribution in [0.4, 0.5) is 18.9 Å². The Morgan fingerprint density at radius 1 is 1.18 bits per heavy atom. The molecule has 12 nitrogen and oxygen atoms in total. The molecule has 0 saturated heterocycles. The lowest BCUT2D eigenvalue weighted by Gasteiger charge is -2.31. The van der Waals surface area contributed by atoms with E-state index in [4.69, 9.17) is 11.6 Å². The number of carbonyl (C=O) groups excluding carboxylic acids is 2. The first-order chi connectivity index (χ1) is 20.4. The molecule has 0 aliphatic carbocycles. The zero-order valence-corrected chi connectivity index (χ0v) is 24.4. The molecule has 3 rings (SSSR count). The predicted octanol–water partition coefficient (Wildman–Crippen LogP) is 2.73. The summed E-state index contributed by atoms with van der Waals surface area (Å²) in [6.45, 7) is 1.49. The number of imidazole rings is 1. The van der Waals surface area contributed by atoms with E-state index in [-0.39, 0.29) is 19.7 Å². The fourth-order valence-corrected chi connectivity index (χ4v) is 4.63. The summed E-state index contributed by atoms with van der Waals surface area (Å²) < 4.78 is 43.2. The number of hydrogen-bond acceptors (Lipinski definition) is 9. The molecule has 0 bridgehead atoms. The second-order valence-corrected chi connectivity index (χ2v) is 10.0. The number of aromatic nitrogens is 2. The number of anilines is 1. The van der Waals surface area contributed by atoms with Gasteiger partial charge in [-0.2, -0.15) is 14.0 Å². The molecule has 16 heteroatoms. The van der Waals surface area contributed by atoms with Crippen molar-refractivity contribution in [2.24, 2.45) is 4.99 Å². The van der Waals surface area contributed by atoms with Gasteiger partial charge in [-0.05, 0) is 44.5 Å². The third-order valence-corrected chi connectivity index (χ3v) is 6.55. The summed E-state index contributed by atoms with van der Waals surface area (Å²) in [4.78, 5) is 30.8. The number of ketones is 1. The SMILES string of the molecule is CC/C=C(\C=C(C)C)C(=O)Nc1cc2c(c(C#N)c1C(=O)c1cc(F)ccc1Cl)n(C(F)F)c(=NC)n2C(O)(O)C(O)(O)O. The summed E-state index contributed by atoms with van der Waals surface area (Å²) in [6.07, 6.45) is 3.38. The van der Waals surface area contributed by atoms with E-state index >= 15 is 0 Å². The van der Waals surface area contributed by atoms with E-state index in [9.17, 15) is 53.6 Å². The molecule has 1 amide bonds. The molecule has 3 aromatic rings. The minimum absolute atomic E-state index is 0.0483. The lowest BCUT2D eigenvalue weighted by molar-refractivity contribution is -0.480. The van der Waals surface area contributed by atoms with Gasteiger partial charge in [0.1, 0.15) is 11.9 Å². The normalized spacial score (nSPS) is 12.9. The molecule has 44 heavy (non-hydrogen) atoms. The molecule has 6 N–H and O–H groups in total. The van der Waals surface area contributed by atoms with Gasteiger partial charge in [0.05, 0.1) is 32.9 Å². The number of allylic oxidation sites excluding steroid dienone is 2. The van der Waals surface area contributed by atoms with E-state index in [0.717, 1.165) is 31.3 Å². The molecule has 0 radical (unpaired) electrons. The van der Waals surface area contributed by atoms with Crippen LogP contribution in [-0.2, 0) is 10.7 Å². The summed E-state index contributed by atoms with van der Waals surface area (Å²) in [5.74, 6) is -11.6. The highest BCUT2D eigenvalue weighted by Crippen LogP contribution is 2.36. The van der Waals surface area contributed by atoms with E-state index in [2.05, 4.69) is 10.3 Å². The van der Waals surface area contributed by atoms with Gasteiger partial charge in [-0.15, -0.1) is 0 Å². The fourth-order valence-electron chi connectivity index (χ4n) is 4.43. The number of nitriles is 1. The van der Waals surface area contributed by atoms with E-state index < -0.39 is 75.0 Å². The van der Waals surface area contributed by atoms with Gasteiger partial charge in [0.25, 0.3) is 5.91 Å². The van der Waals surface area contributed by atoms with Crippen molar-refractivity contribution in [1.82, 2.24) is 9.13 Å². The average Bonchev–Trinajstić information content (AvgIpc) is 3.27. The standard InChI is InChI=1S/C28H27ClF3N5O7/c1-5-6-14(9-13(2)3)24(39)35-19-11-20-22(17(12-33)21(19)23(38)16-10-15(30)7-8-18(16)29)36(25(31)32)26(34-4)37(20)27(40,41)28(42,43)44/h6-11,25,40-44H,5H2,1-4H3,(H,35,39)/b14-6+,34-26?. The Balaban J connectivity index is 2.64. The highest BCUT2D eigenvalue weighted by atomic mass is 35.5. The maximum Gasteiger partial charge on any atom is 0.355 e. The van der Waals surface area contributed by atoms with Crippen LogP contribution in [0.3, 0.4) is 0 Å². The molecule has 0 aliphatic heterocycles. The third-order valence-electron chi connectivity index (χ3n) is 6.22. The topological polar surface area (TPSA) is 193 Å². The van der Waals surface area contributed by atoms with Crippen molar-refractivity contribution in [3.8, 4) is 6.07 Å². The van der Waals surface area contributed by atoms with Crippen LogP contribution >= 0.6 is 11.6 Å². The lowest BCUT2D eigenvalue weighted by atomic mass is 9.95. The number of halogens is 4. The van der Waals surface area contributed by atoms with Crippen molar-refractivity contribution in [2.45, 2.75) is 45.6 Å². The highest BCUT2D eigenvalue weighted by Gasteiger charge is 2.51. The molecule has 1 aromatic heterocycles. The maximum absolute atomic E-state index is 14.5. The number of nitrogens with zero attached hydrogens (tertiary/aromatic N) is 4. The van der Waals surface area contributed by atoms with Gasteiger partial charge < -0.3 is 30.8 Å². The van der Waals surface area contributed by atoms with Crippen LogP contribution in [-0.4, -0.2) is 59.4 Å². The third kappa shape index (κ3) is 6.17. The number of aliphatic hydroxyl groups is 5. The number of benzene rings is 2. The van der Waals surface area contributed by atoms with Crippen LogP contribution in [0.25, 0.3) is 11.0 Å². The molecule has 234 valence electrons. The van der Waals surface area contributed by atoms with Crippen molar-refractivity contribution in [3.05, 3.63) is 80.7 Å². The Morgan fingerprint density at radius 3 is 2.32 bits per heavy atom. The Hall–Kier alpha value is -4.30. The molecular formula is C28H27ClF3N5O7. The summed E-state index contributed by atoms with van der Waals surface area (Å²) in [5, 5.41) is 62.7. The Morgan fingerprint density at radius 2 is 1.82 bits per heavy atom. The summed E-state index contributed by atoms with van der Waals surface area (Å²) in [5.41, 5.74) is -4.89. The lowest BCUT2D eigenvalue weighted by Crippen LogP contribution is -2.59. The molecule has 2 aromatic carbocycles. The van der Waals surface area contributed by atoms with E-state index in [1.807, 2.05) is 0 Å². The summed E-state index contributed by atoms with van der Waals surface area (Å²) in [7, 11) is 0.891. The van der Waals surface area contributed by atoms with Crippen molar-refractivity contribution in [3.63, 3.8) is 0 Å². The van der Waals surface area contributed by atoms with Crippen LogP contribution in [0.15, 0.2) is 52.6 Å². The first kappa shape index (κ1) is 34.2. The van der Waals surface area contributed by atoms with Gasteiger partial charge in [-0.1, -0.05) is 36.2 Å². The molecule has 0 unspecified atom stereocenters. The molecule has 0 spiro atoms. The zero-order valence-electron chi connectivity index (χ0n) is 23.6. The van der Waals surface area contributed by atoms with Crippen LogP contribution in [0.5, 0.6) is 0 Å². The van der Waals surface area contributed by atoms with Gasteiger partial charge in [-0.3, -0.25) is 23.7 Å². The van der Waals surface area contributed by atoms with E-state index in [0.29, 0.717) is 12.0 Å². The van der Waals surface area contributed by atoms with Crippen molar-refractivity contribution >= 4 is 40.0 Å². The smallest absolute Gasteiger partial charge is 0.342 e. The zero-order chi connectivity index (χ0) is 33.3. The molecule has 0 saturated carbocycles. The predicted molar refractivity (Wildman–Crippen MR) is 150 cm³/mol. The monoisotopic (exact) mass is 637 g/mol. The molecular weight excluding hydrogens is 611 g/mol. The molecule has 0 atom stereocenters. The van der Waals surface area contributed by atoms with Gasteiger partial charge in [0, 0.05) is 18.2 Å². The number of alkyl halides is 2. The first-order valence-corrected chi connectivity index (χ1v) is 13.0. The second kappa shape index (κ2) is 12.7. The molecule has 0 aliphatic rings. The Kier molecular flexibility index (Phi) is 9.90. The minimum atomic E-state index is -4.40. The summed E-state index contributed by atoms with van der Waals surface area (Å²) >= 11 is 6.14. The number of amides is 1. The van der Waals surface area contributed by atoms with Crippen molar-refractivity contribution in [2.75, 3.05) is 12.4 Å². The van der Waals surface area contributed by atoms with E-state index in [1.54, 1.807) is 26.8 Å². The maximum atomic E-state index is 14.5.